The van der Waals surface area contributed by atoms with Crippen LogP contribution in [0.1, 0.15) is 38.5 Å². The lowest BCUT2D eigenvalue weighted by Gasteiger charge is -2.27. The lowest BCUT2D eigenvalue weighted by atomic mass is 9.85. The van der Waals surface area contributed by atoms with Crippen LogP contribution in [0.2, 0.25) is 0 Å². The Balaban J connectivity index is 2.39. The van der Waals surface area contributed by atoms with Gasteiger partial charge >= 0.3 is 6.18 Å². The Morgan fingerprint density at radius 3 is 2.21 bits per heavy atom. The van der Waals surface area contributed by atoms with Gasteiger partial charge in [0.1, 0.15) is 6.04 Å². The monoisotopic (exact) mass is 209 g/mol. The molecule has 1 atom stereocenters. The van der Waals surface area contributed by atoms with Crippen molar-refractivity contribution in [1.82, 2.24) is 5.32 Å². The molecule has 0 bridgehead atoms. The molecular formula is C10H18F3N. The topological polar surface area (TPSA) is 12.0 Å². The van der Waals surface area contributed by atoms with Crippen LogP contribution in [0.15, 0.2) is 0 Å². The van der Waals surface area contributed by atoms with E-state index in [0.717, 1.165) is 25.7 Å². The van der Waals surface area contributed by atoms with Crippen molar-refractivity contribution in [3.63, 3.8) is 0 Å². The van der Waals surface area contributed by atoms with Crippen LogP contribution in [0, 0.1) is 5.92 Å². The molecule has 1 fully saturated rings. The first-order chi connectivity index (χ1) is 6.54. The SMILES string of the molecule is CN[C@H](CC1CCCCC1)C(F)(F)F. The van der Waals surface area contributed by atoms with Gasteiger partial charge in [-0.3, -0.25) is 0 Å². The van der Waals surface area contributed by atoms with Gasteiger partial charge in [-0.25, -0.2) is 0 Å². The summed E-state index contributed by atoms with van der Waals surface area (Å²) < 4.78 is 37.2. The van der Waals surface area contributed by atoms with Crippen molar-refractivity contribution < 1.29 is 13.2 Å². The maximum absolute atomic E-state index is 12.4. The van der Waals surface area contributed by atoms with Crippen LogP contribution < -0.4 is 5.32 Å². The highest BCUT2D eigenvalue weighted by Gasteiger charge is 2.39. The van der Waals surface area contributed by atoms with Crippen molar-refractivity contribution in [2.24, 2.45) is 5.92 Å². The van der Waals surface area contributed by atoms with Crippen molar-refractivity contribution in [2.75, 3.05) is 7.05 Å². The van der Waals surface area contributed by atoms with Crippen LogP contribution in [0.5, 0.6) is 0 Å². The summed E-state index contributed by atoms with van der Waals surface area (Å²) in [5, 5.41) is 2.36. The summed E-state index contributed by atoms with van der Waals surface area (Å²) in [6, 6.07) is -1.31. The van der Waals surface area contributed by atoms with Gasteiger partial charge in [-0.2, -0.15) is 13.2 Å². The summed E-state index contributed by atoms with van der Waals surface area (Å²) in [7, 11) is 1.39. The van der Waals surface area contributed by atoms with Crippen molar-refractivity contribution in [3.05, 3.63) is 0 Å². The highest BCUT2D eigenvalue weighted by atomic mass is 19.4. The quantitative estimate of drug-likeness (QED) is 0.753. The zero-order valence-electron chi connectivity index (χ0n) is 8.53. The van der Waals surface area contributed by atoms with Crippen molar-refractivity contribution in [3.8, 4) is 0 Å². The Morgan fingerprint density at radius 2 is 1.79 bits per heavy atom. The summed E-state index contributed by atoms with van der Waals surface area (Å²) in [5.74, 6) is 0.267. The molecule has 0 aromatic rings. The van der Waals surface area contributed by atoms with E-state index in [1.54, 1.807) is 0 Å². The highest BCUT2D eigenvalue weighted by Crippen LogP contribution is 2.32. The zero-order chi connectivity index (χ0) is 10.6. The third-order valence-corrected chi connectivity index (χ3v) is 3.04. The fraction of sp³-hybridized carbons (Fsp3) is 1.00. The van der Waals surface area contributed by atoms with Gasteiger partial charge < -0.3 is 5.32 Å². The molecule has 1 aliphatic carbocycles. The summed E-state index contributed by atoms with van der Waals surface area (Å²) in [6.07, 6.45) is 1.47. The minimum Gasteiger partial charge on any atom is -0.309 e. The van der Waals surface area contributed by atoms with Gasteiger partial charge in [0.05, 0.1) is 0 Å². The molecule has 0 unspecified atom stereocenters. The van der Waals surface area contributed by atoms with Gasteiger partial charge in [-0.1, -0.05) is 32.1 Å². The summed E-state index contributed by atoms with van der Waals surface area (Å²) in [4.78, 5) is 0. The van der Waals surface area contributed by atoms with Crippen LogP contribution in [-0.2, 0) is 0 Å². The minimum absolute atomic E-state index is 0.250. The first-order valence-corrected chi connectivity index (χ1v) is 5.28. The lowest BCUT2D eigenvalue weighted by Crippen LogP contribution is -2.41. The van der Waals surface area contributed by atoms with E-state index >= 15 is 0 Å². The van der Waals surface area contributed by atoms with Crippen molar-refractivity contribution >= 4 is 0 Å². The third kappa shape index (κ3) is 3.48. The van der Waals surface area contributed by atoms with E-state index in [-0.39, 0.29) is 12.3 Å². The van der Waals surface area contributed by atoms with E-state index in [0.29, 0.717) is 0 Å². The molecular weight excluding hydrogens is 191 g/mol. The fourth-order valence-corrected chi connectivity index (χ4v) is 2.17. The molecule has 1 aliphatic rings. The maximum atomic E-state index is 12.4. The molecule has 0 radical (unpaired) electrons. The summed E-state index contributed by atoms with van der Waals surface area (Å²) >= 11 is 0. The van der Waals surface area contributed by atoms with Crippen LogP contribution in [0.4, 0.5) is 13.2 Å². The Kier molecular flexibility index (Phi) is 4.23. The molecule has 1 N–H and O–H groups in total. The van der Waals surface area contributed by atoms with Crippen LogP contribution in [0.25, 0.3) is 0 Å². The van der Waals surface area contributed by atoms with Crippen molar-refractivity contribution in [1.29, 1.82) is 0 Å². The summed E-state index contributed by atoms with van der Waals surface area (Å²) in [5.41, 5.74) is 0. The maximum Gasteiger partial charge on any atom is 0.403 e. The number of rotatable bonds is 3. The average molecular weight is 209 g/mol. The molecule has 84 valence electrons. The van der Waals surface area contributed by atoms with Crippen molar-refractivity contribution in [2.45, 2.75) is 50.7 Å². The molecule has 1 nitrogen and oxygen atoms in total. The second-order valence-corrected chi connectivity index (χ2v) is 4.12. The van der Waals surface area contributed by atoms with E-state index in [1.807, 2.05) is 0 Å². The molecule has 0 spiro atoms. The van der Waals surface area contributed by atoms with Gasteiger partial charge in [0.15, 0.2) is 0 Å². The molecule has 0 heterocycles. The van der Waals surface area contributed by atoms with E-state index in [2.05, 4.69) is 5.32 Å². The molecule has 0 aromatic heterocycles. The molecule has 0 aliphatic heterocycles. The molecule has 4 heteroatoms. The second-order valence-electron chi connectivity index (χ2n) is 4.12. The van der Waals surface area contributed by atoms with Crippen LogP contribution >= 0.6 is 0 Å². The molecule has 0 aromatic carbocycles. The Labute approximate surface area is 83.1 Å². The standard InChI is InChI=1S/C10H18F3N/c1-14-9(10(11,12)13)7-8-5-3-2-4-6-8/h8-9,14H,2-7H2,1H3/t9-/m1/s1. The lowest BCUT2D eigenvalue weighted by molar-refractivity contribution is -0.158. The largest absolute Gasteiger partial charge is 0.403 e. The summed E-state index contributed by atoms with van der Waals surface area (Å²) in [6.45, 7) is 0. The predicted octanol–water partition coefficient (Wildman–Crippen LogP) is 3.11. The molecule has 1 saturated carbocycles. The first kappa shape index (κ1) is 11.8. The second kappa shape index (κ2) is 5.01. The third-order valence-electron chi connectivity index (χ3n) is 3.04. The zero-order valence-corrected chi connectivity index (χ0v) is 8.53. The molecule has 14 heavy (non-hydrogen) atoms. The number of hydrogen-bond acceptors (Lipinski definition) is 1. The predicted molar refractivity (Wildman–Crippen MR) is 50.1 cm³/mol. The smallest absolute Gasteiger partial charge is 0.309 e. The van der Waals surface area contributed by atoms with Crippen LogP contribution in [-0.4, -0.2) is 19.3 Å². The minimum atomic E-state index is -4.09. The fourth-order valence-electron chi connectivity index (χ4n) is 2.17. The van der Waals surface area contributed by atoms with E-state index in [9.17, 15) is 13.2 Å². The van der Waals surface area contributed by atoms with Gasteiger partial charge in [-0.05, 0) is 19.4 Å². The Bertz CT molecular complexity index is 161. The van der Waals surface area contributed by atoms with Gasteiger partial charge in [-0.15, -0.1) is 0 Å². The van der Waals surface area contributed by atoms with E-state index in [4.69, 9.17) is 0 Å². The number of halogens is 3. The van der Waals surface area contributed by atoms with Gasteiger partial charge in [0.25, 0.3) is 0 Å². The highest BCUT2D eigenvalue weighted by molar-refractivity contribution is 4.78. The average Bonchev–Trinajstić information content (AvgIpc) is 2.14. The normalized spacial score (nSPS) is 22.3. The number of alkyl halides is 3. The van der Waals surface area contributed by atoms with Gasteiger partial charge in [0, 0.05) is 0 Å². The number of hydrogen-bond donors (Lipinski definition) is 1. The molecule has 1 rings (SSSR count). The Morgan fingerprint density at radius 1 is 1.21 bits per heavy atom. The van der Waals surface area contributed by atoms with E-state index < -0.39 is 12.2 Å². The molecule has 0 saturated heterocycles. The van der Waals surface area contributed by atoms with Crippen LogP contribution in [0.3, 0.4) is 0 Å². The first-order valence-electron chi connectivity index (χ1n) is 5.28. The van der Waals surface area contributed by atoms with E-state index in [1.165, 1.54) is 13.5 Å². The van der Waals surface area contributed by atoms with Gasteiger partial charge in [0.2, 0.25) is 0 Å². The Hall–Kier alpha value is -0.250. The molecule has 0 amide bonds. The number of nitrogens with one attached hydrogen (secondary N) is 1.